The Hall–Kier alpha value is 1.33. The molecule has 0 atom stereocenters. The van der Waals surface area contributed by atoms with Crippen LogP contribution in [-0.4, -0.2) is 45.8 Å². The standard InChI is InChI=1S/C8H17.Al.Na.O.2H/c1-3-5-7-8-6-4-2;;;;;/h1,3-8H2,2H3;;;;;. The summed E-state index contributed by atoms with van der Waals surface area (Å²) in [4.78, 5) is 0. The summed E-state index contributed by atoms with van der Waals surface area (Å²) < 4.78 is 8.28. The van der Waals surface area contributed by atoms with Gasteiger partial charge < -0.3 is 0 Å². The summed E-state index contributed by atoms with van der Waals surface area (Å²) in [5.41, 5.74) is 0. The summed E-state index contributed by atoms with van der Waals surface area (Å²) in [6, 6.07) is 0. The van der Waals surface area contributed by atoms with Gasteiger partial charge in [0.25, 0.3) is 0 Å². The van der Waals surface area contributed by atoms with Gasteiger partial charge in [-0.25, -0.2) is 0 Å². The first kappa shape index (κ1) is 18.2. The molecule has 3 heteroatoms. The predicted molar refractivity (Wildman–Crippen MR) is 53.7 cm³/mol. The second-order valence-corrected chi connectivity index (χ2v) is 2.27. The van der Waals surface area contributed by atoms with Crippen LogP contribution in [-0.2, 0) is 3.80 Å². The fourth-order valence-electron chi connectivity index (χ4n) is 0.780. The van der Waals surface area contributed by atoms with E-state index in [1.807, 2.05) is 0 Å². The van der Waals surface area contributed by atoms with Crippen molar-refractivity contribution in [3.05, 3.63) is 6.92 Å². The van der Waals surface area contributed by atoms with Crippen LogP contribution in [0.2, 0.25) is 0 Å². The third-order valence-electron chi connectivity index (χ3n) is 1.35. The van der Waals surface area contributed by atoms with Crippen LogP contribution in [0, 0.1) is 6.92 Å². The minimum atomic E-state index is 0. The average molecular weight is 181 g/mol. The van der Waals surface area contributed by atoms with Crippen molar-refractivity contribution in [2.45, 2.75) is 45.4 Å². The van der Waals surface area contributed by atoms with E-state index in [2.05, 4.69) is 13.8 Å². The number of unbranched alkanes of at least 4 members (excludes halogenated alkanes) is 5. The molecule has 0 aromatic heterocycles. The second kappa shape index (κ2) is 22.5. The van der Waals surface area contributed by atoms with Crippen molar-refractivity contribution in [2.75, 3.05) is 0 Å². The Morgan fingerprint density at radius 2 is 1.55 bits per heavy atom. The maximum atomic E-state index is 8.28. The van der Waals surface area contributed by atoms with Gasteiger partial charge in [-0.1, -0.05) is 52.4 Å². The average Bonchev–Trinajstić information content (AvgIpc) is 2.02. The number of hydrogen-bond acceptors (Lipinski definition) is 1. The molecule has 1 radical (unpaired) electrons. The number of rotatable bonds is 5. The predicted octanol–water partition coefficient (Wildman–Crippen LogP) is 1.77. The minimum absolute atomic E-state index is 0. The van der Waals surface area contributed by atoms with Crippen molar-refractivity contribution >= 4 is 45.8 Å². The Labute approximate surface area is 101 Å². The Kier molecular flexibility index (Phi) is 37.2. The Bertz CT molecular complexity index is 47.4. The van der Waals surface area contributed by atoms with Crippen LogP contribution >= 0.6 is 0 Å². The van der Waals surface area contributed by atoms with E-state index in [1.165, 1.54) is 32.1 Å². The topological polar surface area (TPSA) is 17.1 Å². The van der Waals surface area contributed by atoms with E-state index in [9.17, 15) is 0 Å². The molecule has 0 unspecified atom stereocenters. The van der Waals surface area contributed by atoms with Crippen LogP contribution in [0.4, 0.5) is 0 Å². The van der Waals surface area contributed by atoms with Crippen LogP contribution in [0.1, 0.15) is 45.4 Å². The molecule has 0 aliphatic carbocycles. The summed E-state index contributed by atoms with van der Waals surface area (Å²) in [7, 11) is 0. The summed E-state index contributed by atoms with van der Waals surface area (Å²) in [5, 5.41) is 0. The van der Waals surface area contributed by atoms with Gasteiger partial charge in [-0.05, 0) is 0 Å². The molecule has 1 nitrogen and oxygen atoms in total. The van der Waals surface area contributed by atoms with Crippen molar-refractivity contribution in [3.8, 4) is 0 Å². The molecule has 0 fully saturated rings. The first-order chi connectivity index (χ1) is 4.91. The quantitative estimate of drug-likeness (QED) is 0.466. The van der Waals surface area contributed by atoms with Crippen molar-refractivity contribution in [1.29, 1.82) is 0 Å². The Balaban J connectivity index is -0.000000196. The fourth-order valence-corrected chi connectivity index (χ4v) is 0.780. The van der Waals surface area contributed by atoms with Crippen molar-refractivity contribution in [3.63, 3.8) is 0 Å². The molecule has 0 aromatic rings. The van der Waals surface area contributed by atoms with E-state index in [1.54, 1.807) is 0 Å². The van der Waals surface area contributed by atoms with Gasteiger partial charge in [0.05, 0.1) is 0 Å². The van der Waals surface area contributed by atoms with Crippen LogP contribution in [0.5, 0.6) is 0 Å². The summed E-state index contributed by atoms with van der Waals surface area (Å²) in [6.45, 7) is 6.02. The molecule has 61 valence electrons. The third kappa shape index (κ3) is 24.6. The first-order valence-electron chi connectivity index (χ1n) is 4.00. The molecule has 0 amide bonds. The molecule has 0 saturated carbocycles. The van der Waals surface area contributed by atoms with E-state index >= 15 is 0 Å². The molecular weight excluding hydrogens is 162 g/mol. The molecule has 0 aliphatic rings. The van der Waals surface area contributed by atoms with Gasteiger partial charge in [-0.15, -0.1) is 0 Å². The normalized spacial score (nSPS) is 7.36. The molecule has 0 spiro atoms. The SMILES string of the molecule is [CH2]CCCCCCC.[NaH].[O]=[AlH]. The van der Waals surface area contributed by atoms with Gasteiger partial charge in [0.2, 0.25) is 0 Å². The van der Waals surface area contributed by atoms with E-state index in [4.69, 9.17) is 3.80 Å². The third-order valence-corrected chi connectivity index (χ3v) is 1.35. The summed E-state index contributed by atoms with van der Waals surface area (Å²) in [6.07, 6.45) is 7.98. The molecule has 0 aromatic carbocycles. The number of hydrogen-bond donors (Lipinski definition) is 0. The summed E-state index contributed by atoms with van der Waals surface area (Å²) in [5.74, 6) is 0. The van der Waals surface area contributed by atoms with Crippen LogP contribution in [0.15, 0.2) is 0 Å². The molecule has 0 saturated heterocycles. The van der Waals surface area contributed by atoms with E-state index < -0.39 is 0 Å². The zero-order valence-electron chi connectivity index (χ0n) is 7.07. The monoisotopic (exact) mass is 181 g/mol. The molecule has 0 N–H and O–H groups in total. The maximum absolute atomic E-state index is 8.28. The Morgan fingerprint density at radius 1 is 1.09 bits per heavy atom. The van der Waals surface area contributed by atoms with E-state index in [0.717, 1.165) is 6.42 Å². The van der Waals surface area contributed by atoms with Crippen molar-refractivity contribution in [2.24, 2.45) is 0 Å². The van der Waals surface area contributed by atoms with E-state index in [0.29, 0.717) is 16.2 Å². The van der Waals surface area contributed by atoms with Gasteiger partial charge in [-0.2, -0.15) is 0 Å². The molecule has 0 heterocycles. The molecule has 0 bridgehead atoms. The molecule has 0 aliphatic heterocycles. The van der Waals surface area contributed by atoms with E-state index in [-0.39, 0.29) is 29.6 Å². The molecular formula is C8H19AlNaO. The fraction of sp³-hybridized carbons (Fsp3) is 0.875. The molecule has 0 rings (SSSR count). The van der Waals surface area contributed by atoms with Gasteiger partial charge in [0.15, 0.2) is 0 Å². The second-order valence-electron chi connectivity index (χ2n) is 2.27. The summed E-state index contributed by atoms with van der Waals surface area (Å²) >= 11 is 0.611. The van der Waals surface area contributed by atoms with Crippen LogP contribution in [0.25, 0.3) is 0 Å². The first-order valence-corrected chi connectivity index (χ1v) is 4.57. The van der Waals surface area contributed by atoms with Crippen LogP contribution < -0.4 is 0 Å². The van der Waals surface area contributed by atoms with Crippen molar-refractivity contribution in [1.82, 2.24) is 0 Å². The zero-order valence-corrected chi connectivity index (χ0v) is 8.48. The van der Waals surface area contributed by atoms with Crippen LogP contribution in [0.3, 0.4) is 0 Å². The zero-order chi connectivity index (χ0) is 8.24. The molecule has 11 heavy (non-hydrogen) atoms. The van der Waals surface area contributed by atoms with Crippen molar-refractivity contribution < 1.29 is 3.80 Å². The van der Waals surface area contributed by atoms with Gasteiger partial charge in [0.1, 0.15) is 0 Å². The van der Waals surface area contributed by atoms with Gasteiger partial charge in [0, 0.05) is 0 Å². The van der Waals surface area contributed by atoms with Gasteiger partial charge in [-0.3, -0.25) is 0 Å². The Morgan fingerprint density at radius 3 is 1.91 bits per heavy atom. The van der Waals surface area contributed by atoms with Gasteiger partial charge >= 0.3 is 49.6 Å².